The Morgan fingerprint density at radius 1 is 1.60 bits per heavy atom. The molecule has 0 amide bonds. The van der Waals surface area contributed by atoms with Crippen molar-refractivity contribution in [2.75, 3.05) is 5.32 Å². The van der Waals surface area contributed by atoms with E-state index >= 15 is 0 Å². The molecule has 0 aliphatic heterocycles. The highest BCUT2D eigenvalue weighted by Crippen LogP contribution is 2.52. The molecule has 1 aliphatic carbocycles. The molecule has 4 heteroatoms. The first-order valence-corrected chi connectivity index (χ1v) is 5.65. The predicted molar refractivity (Wildman–Crippen MR) is 62.0 cm³/mol. The van der Waals surface area contributed by atoms with Crippen LogP contribution in [0.4, 0.5) is 5.69 Å². The van der Waals surface area contributed by atoms with Crippen molar-refractivity contribution in [2.24, 2.45) is 11.3 Å². The van der Waals surface area contributed by atoms with Gasteiger partial charge in [0.15, 0.2) is 5.15 Å². The molecule has 0 saturated heterocycles. The van der Waals surface area contributed by atoms with Crippen molar-refractivity contribution < 1.29 is 0 Å². The lowest BCUT2D eigenvalue weighted by molar-refractivity contribution is 0.388. The zero-order chi connectivity index (χ0) is 11.1. The van der Waals surface area contributed by atoms with Crippen molar-refractivity contribution in [1.29, 1.82) is 0 Å². The fourth-order valence-electron chi connectivity index (χ4n) is 1.86. The van der Waals surface area contributed by atoms with Gasteiger partial charge in [0.2, 0.25) is 0 Å². The van der Waals surface area contributed by atoms with Gasteiger partial charge in [-0.2, -0.15) is 5.10 Å². The highest BCUT2D eigenvalue weighted by atomic mass is 35.5. The lowest BCUT2D eigenvalue weighted by atomic mass is 9.94. The number of rotatable bonds is 3. The van der Waals surface area contributed by atoms with Gasteiger partial charge in [0, 0.05) is 12.1 Å². The monoisotopic (exact) mass is 225 g/mol. The number of halogens is 1. The van der Waals surface area contributed by atoms with E-state index in [0.717, 1.165) is 5.69 Å². The number of anilines is 1. The van der Waals surface area contributed by atoms with Crippen LogP contribution in [-0.2, 0) is 0 Å². The van der Waals surface area contributed by atoms with Crippen molar-refractivity contribution in [3.63, 3.8) is 0 Å². The van der Waals surface area contributed by atoms with Crippen LogP contribution in [0.25, 0.3) is 0 Å². The Labute approximate surface area is 95.2 Å². The van der Waals surface area contributed by atoms with Gasteiger partial charge in [-0.1, -0.05) is 32.4 Å². The van der Waals surface area contributed by atoms with Gasteiger partial charge >= 0.3 is 0 Å². The Kier molecular flexibility index (Phi) is 2.59. The summed E-state index contributed by atoms with van der Waals surface area (Å²) in [6, 6.07) is 2.35. The quantitative estimate of drug-likeness (QED) is 0.860. The molecule has 1 aromatic heterocycles. The Hall–Kier alpha value is -0.830. The summed E-state index contributed by atoms with van der Waals surface area (Å²) in [6.07, 6.45) is 2.93. The summed E-state index contributed by atoms with van der Waals surface area (Å²) in [4.78, 5) is 0. The average Bonchev–Trinajstić information content (AvgIpc) is 2.78. The maximum Gasteiger partial charge on any atom is 0.153 e. The molecular weight excluding hydrogens is 210 g/mol. The largest absolute Gasteiger partial charge is 0.380 e. The molecule has 1 saturated carbocycles. The molecule has 1 heterocycles. The topological polar surface area (TPSA) is 37.8 Å². The third-order valence-electron chi connectivity index (χ3n) is 3.56. The summed E-state index contributed by atoms with van der Waals surface area (Å²) < 4.78 is 0. The van der Waals surface area contributed by atoms with E-state index in [2.05, 4.69) is 36.3 Å². The summed E-state index contributed by atoms with van der Waals surface area (Å²) in [7, 11) is 0. The molecule has 2 unspecified atom stereocenters. The Morgan fingerprint density at radius 3 is 2.87 bits per heavy atom. The molecule has 2 atom stereocenters. The average molecular weight is 226 g/mol. The first-order valence-electron chi connectivity index (χ1n) is 5.27. The fourth-order valence-corrected chi connectivity index (χ4v) is 2.02. The third kappa shape index (κ3) is 2.07. The summed E-state index contributed by atoms with van der Waals surface area (Å²) in [5.74, 6) is 0.695. The van der Waals surface area contributed by atoms with Crippen LogP contribution in [-0.4, -0.2) is 16.2 Å². The van der Waals surface area contributed by atoms with Crippen LogP contribution in [0.15, 0.2) is 12.3 Å². The van der Waals surface area contributed by atoms with Crippen molar-refractivity contribution in [3.05, 3.63) is 17.4 Å². The first kappa shape index (κ1) is 10.7. The summed E-state index contributed by atoms with van der Waals surface area (Å²) >= 11 is 5.77. The summed E-state index contributed by atoms with van der Waals surface area (Å²) in [5.41, 5.74) is 1.37. The molecule has 0 spiro atoms. The van der Waals surface area contributed by atoms with E-state index in [1.165, 1.54) is 6.42 Å². The maximum absolute atomic E-state index is 5.77. The number of nitrogens with one attached hydrogen (secondary N) is 1. The molecule has 82 valence electrons. The molecule has 2 rings (SSSR count). The van der Waals surface area contributed by atoms with Gasteiger partial charge in [0.1, 0.15) is 0 Å². The zero-order valence-electron chi connectivity index (χ0n) is 9.29. The Balaban J connectivity index is 2.01. The molecule has 0 bridgehead atoms. The van der Waals surface area contributed by atoms with Crippen molar-refractivity contribution in [2.45, 2.75) is 33.2 Å². The molecule has 1 aliphatic rings. The number of aromatic nitrogens is 2. The van der Waals surface area contributed by atoms with Crippen molar-refractivity contribution >= 4 is 17.3 Å². The summed E-state index contributed by atoms with van der Waals surface area (Å²) in [5, 5.41) is 11.4. The minimum absolute atomic E-state index is 0.412. The van der Waals surface area contributed by atoms with Crippen LogP contribution in [0.5, 0.6) is 0 Å². The van der Waals surface area contributed by atoms with E-state index in [9.17, 15) is 0 Å². The van der Waals surface area contributed by atoms with E-state index in [1.54, 1.807) is 6.20 Å². The highest BCUT2D eigenvalue weighted by molar-refractivity contribution is 6.29. The van der Waals surface area contributed by atoms with Gasteiger partial charge in [-0.05, 0) is 17.8 Å². The van der Waals surface area contributed by atoms with E-state index in [0.29, 0.717) is 22.5 Å². The van der Waals surface area contributed by atoms with E-state index < -0.39 is 0 Å². The lowest BCUT2D eigenvalue weighted by Crippen LogP contribution is -2.16. The second-order valence-corrected chi connectivity index (χ2v) is 5.22. The van der Waals surface area contributed by atoms with Gasteiger partial charge in [0.25, 0.3) is 0 Å². The Morgan fingerprint density at radius 2 is 2.33 bits per heavy atom. The molecule has 1 fully saturated rings. The first-order chi connectivity index (χ1) is 7.02. The van der Waals surface area contributed by atoms with Crippen LogP contribution in [0, 0.1) is 11.3 Å². The number of nitrogens with zero attached hydrogens (tertiary/aromatic N) is 2. The molecular formula is C11H16ClN3. The molecule has 3 nitrogen and oxygen atoms in total. The second kappa shape index (κ2) is 3.63. The SMILES string of the molecule is CC(C)C1(C)CC1Nc1cnnc(Cl)c1. The molecule has 1 N–H and O–H groups in total. The Bertz CT molecular complexity index is 367. The molecule has 15 heavy (non-hydrogen) atoms. The highest BCUT2D eigenvalue weighted by Gasteiger charge is 2.52. The van der Waals surface area contributed by atoms with Gasteiger partial charge < -0.3 is 5.32 Å². The number of hydrogen-bond donors (Lipinski definition) is 1. The van der Waals surface area contributed by atoms with Gasteiger partial charge in [0.05, 0.1) is 11.9 Å². The summed E-state index contributed by atoms with van der Waals surface area (Å²) in [6.45, 7) is 6.84. The van der Waals surface area contributed by atoms with Crippen molar-refractivity contribution in [1.82, 2.24) is 10.2 Å². The normalized spacial score (nSPS) is 29.3. The minimum atomic E-state index is 0.412. The standard InChI is InChI=1S/C11H16ClN3/c1-7(2)11(3)5-9(11)14-8-4-10(12)15-13-6-8/h4,6-7,9H,5H2,1-3H3,(H,14,15). The van der Waals surface area contributed by atoms with Crippen LogP contribution in [0.2, 0.25) is 5.15 Å². The van der Waals surface area contributed by atoms with Crippen LogP contribution >= 0.6 is 11.6 Å². The lowest BCUT2D eigenvalue weighted by Gasteiger charge is -2.16. The van der Waals surface area contributed by atoms with Gasteiger partial charge in [-0.25, -0.2) is 0 Å². The van der Waals surface area contributed by atoms with Crippen molar-refractivity contribution in [3.8, 4) is 0 Å². The van der Waals surface area contributed by atoms with Crippen LogP contribution < -0.4 is 5.32 Å². The van der Waals surface area contributed by atoms with E-state index in [-0.39, 0.29) is 0 Å². The number of hydrogen-bond acceptors (Lipinski definition) is 3. The molecule has 1 aromatic rings. The smallest absolute Gasteiger partial charge is 0.153 e. The zero-order valence-corrected chi connectivity index (χ0v) is 10.0. The fraction of sp³-hybridized carbons (Fsp3) is 0.636. The minimum Gasteiger partial charge on any atom is -0.380 e. The van der Waals surface area contributed by atoms with Gasteiger partial charge in [-0.15, -0.1) is 5.10 Å². The predicted octanol–water partition coefficient (Wildman–Crippen LogP) is 2.98. The second-order valence-electron chi connectivity index (χ2n) is 4.83. The van der Waals surface area contributed by atoms with Crippen LogP contribution in [0.3, 0.4) is 0 Å². The third-order valence-corrected chi connectivity index (χ3v) is 3.75. The van der Waals surface area contributed by atoms with Gasteiger partial charge in [-0.3, -0.25) is 0 Å². The van der Waals surface area contributed by atoms with Crippen LogP contribution in [0.1, 0.15) is 27.2 Å². The maximum atomic E-state index is 5.77. The molecule has 0 aromatic carbocycles. The van der Waals surface area contributed by atoms with E-state index in [4.69, 9.17) is 11.6 Å². The molecule has 0 radical (unpaired) electrons. The van der Waals surface area contributed by atoms with E-state index in [1.807, 2.05) is 6.07 Å².